The minimum Gasteiger partial charge on any atom is -0.380 e. The number of amides is 1. The molecule has 1 atom stereocenters. The summed E-state index contributed by atoms with van der Waals surface area (Å²) in [7, 11) is 0. The Morgan fingerprint density at radius 1 is 0.821 bits per heavy atom. The van der Waals surface area contributed by atoms with Crippen molar-refractivity contribution in [2.45, 2.75) is 37.8 Å². The highest BCUT2D eigenvalue weighted by Crippen LogP contribution is 2.44. The molecule has 0 aliphatic carbocycles. The fourth-order valence-electron chi connectivity index (χ4n) is 3.71. The van der Waals surface area contributed by atoms with Gasteiger partial charge in [-0.05, 0) is 30.5 Å². The number of nitrogens with one attached hydrogen (secondary N) is 1. The van der Waals surface area contributed by atoms with Gasteiger partial charge >= 0.3 is 0 Å². The smallest absolute Gasteiger partial charge is 0.220 e. The van der Waals surface area contributed by atoms with E-state index in [-0.39, 0.29) is 18.4 Å². The van der Waals surface area contributed by atoms with E-state index < -0.39 is 11.5 Å². The summed E-state index contributed by atoms with van der Waals surface area (Å²) in [6, 6.07) is 29.0. The molecule has 0 spiro atoms. The predicted molar refractivity (Wildman–Crippen MR) is 113 cm³/mol. The van der Waals surface area contributed by atoms with E-state index in [0.29, 0.717) is 0 Å². The summed E-state index contributed by atoms with van der Waals surface area (Å²) in [6.45, 7) is 3.88. The summed E-state index contributed by atoms with van der Waals surface area (Å²) < 4.78 is 0. The number of benzene rings is 3. The molecule has 0 aliphatic heterocycles. The van der Waals surface area contributed by atoms with Gasteiger partial charge in [0, 0.05) is 18.4 Å². The number of hydrogen-bond acceptors (Lipinski definition) is 2. The molecule has 0 aliphatic rings. The maximum absolute atomic E-state index is 12.7. The van der Waals surface area contributed by atoms with Gasteiger partial charge in [-0.2, -0.15) is 0 Å². The van der Waals surface area contributed by atoms with Crippen LogP contribution in [0.3, 0.4) is 0 Å². The Labute approximate surface area is 167 Å². The highest BCUT2D eigenvalue weighted by Gasteiger charge is 2.42. The fourth-order valence-corrected chi connectivity index (χ4v) is 3.71. The van der Waals surface area contributed by atoms with Gasteiger partial charge in [-0.3, -0.25) is 4.79 Å². The van der Waals surface area contributed by atoms with Crippen LogP contribution in [0.1, 0.15) is 42.9 Å². The zero-order chi connectivity index (χ0) is 20.0. The molecule has 3 aromatic rings. The largest absolute Gasteiger partial charge is 0.380 e. The lowest BCUT2D eigenvalue weighted by Gasteiger charge is -2.37. The van der Waals surface area contributed by atoms with E-state index in [1.807, 2.05) is 105 Å². The van der Waals surface area contributed by atoms with Crippen LogP contribution in [-0.4, -0.2) is 17.1 Å². The Morgan fingerprint density at radius 2 is 1.25 bits per heavy atom. The first-order chi connectivity index (χ1) is 13.5. The topological polar surface area (TPSA) is 49.3 Å². The van der Waals surface area contributed by atoms with Gasteiger partial charge in [0.2, 0.25) is 5.91 Å². The molecule has 2 N–H and O–H groups in total. The maximum atomic E-state index is 12.7. The van der Waals surface area contributed by atoms with Crippen LogP contribution in [0.2, 0.25) is 0 Å². The molecule has 0 heterocycles. The van der Waals surface area contributed by atoms with Gasteiger partial charge in [0.25, 0.3) is 0 Å². The molecular weight excluding hydrogens is 346 g/mol. The molecule has 0 bridgehead atoms. The van der Waals surface area contributed by atoms with Gasteiger partial charge < -0.3 is 10.4 Å². The van der Waals surface area contributed by atoms with Crippen molar-refractivity contribution in [1.29, 1.82) is 0 Å². The molecule has 0 fully saturated rings. The van der Waals surface area contributed by atoms with Crippen molar-refractivity contribution in [2.24, 2.45) is 0 Å². The van der Waals surface area contributed by atoms with Crippen LogP contribution in [0.4, 0.5) is 0 Å². The van der Waals surface area contributed by atoms with Crippen LogP contribution >= 0.6 is 0 Å². The average molecular weight is 373 g/mol. The molecule has 0 saturated carbocycles. The first kappa shape index (κ1) is 19.8. The number of hydrogen-bond donors (Lipinski definition) is 2. The van der Waals surface area contributed by atoms with Crippen molar-refractivity contribution >= 4 is 5.91 Å². The summed E-state index contributed by atoms with van der Waals surface area (Å²) in [5.74, 6) is -0.508. The average Bonchev–Trinajstić information content (AvgIpc) is 2.73. The van der Waals surface area contributed by atoms with Crippen LogP contribution in [0, 0.1) is 0 Å². The van der Waals surface area contributed by atoms with Crippen molar-refractivity contribution in [2.75, 3.05) is 0 Å². The van der Waals surface area contributed by atoms with Crippen molar-refractivity contribution in [1.82, 2.24) is 5.32 Å². The third kappa shape index (κ3) is 4.32. The minimum atomic E-state index is -1.34. The number of rotatable bonds is 7. The summed E-state index contributed by atoms with van der Waals surface area (Å²) in [4.78, 5) is 12.7. The summed E-state index contributed by atoms with van der Waals surface area (Å²) in [5.41, 5.74) is 1.13. The molecule has 1 amide bonds. The van der Waals surface area contributed by atoms with E-state index in [0.717, 1.165) is 16.7 Å². The predicted octanol–water partition coefficient (Wildman–Crippen LogP) is 4.62. The van der Waals surface area contributed by atoms with E-state index in [4.69, 9.17) is 0 Å². The van der Waals surface area contributed by atoms with E-state index in [2.05, 4.69) is 5.32 Å². The second-order valence-electron chi connectivity index (χ2n) is 7.39. The third-order valence-electron chi connectivity index (χ3n) is 4.97. The number of carbonyl (C=O) groups excluding carboxylic acids is 1. The zero-order valence-electron chi connectivity index (χ0n) is 16.4. The Hall–Kier alpha value is -2.91. The Balaban J connectivity index is 2.15. The van der Waals surface area contributed by atoms with E-state index in [1.54, 1.807) is 0 Å². The molecule has 3 nitrogen and oxygen atoms in total. The second-order valence-corrected chi connectivity index (χ2v) is 7.39. The van der Waals surface area contributed by atoms with E-state index in [1.165, 1.54) is 0 Å². The molecule has 0 saturated heterocycles. The Kier molecular flexibility index (Phi) is 6.27. The standard InChI is InChI=1S/C25H27NO2/c1-19(2)26-24(27)18-23(20-12-6-3-7-13-20)25(28,21-14-8-4-9-15-21)22-16-10-5-11-17-22/h3-17,19,23,28H,18H2,1-2H3,(H,26,27). The van der Waals surface area contributed by atoms with Crippen LogP contribution in [0.15, 0.2) is 91.0 Å². The van der Waals surface area contributed by atoms with Crippen molar-refractivity contribution in [3.63, 3.8) is 0 Å². The number of carbonyl (C=O) groups is 1. The first-order valence-corrected chi connectivity index (χ1v) is 9.69. The molecule has 144 valence electrons. The van der Waals surface area contributed by atoms with E-state index in [9.17, 15) is 9.90 Å². The van der Waals surface area contributed by atoms with Gasteiger partial charge in [0.1, 0.15) is 5.60 Å². The molecule has 0 aromatic heterocycles. The van der Waals surface area contributed by atoms with Gasteiger partial charge in [0.15, 0.2) is 0 Å². The van der Waals surface area contributed by atoms with Gasteiger partial charge in [-0.25, -0.2) is 0 Å². The van der Waals surface area contributed by atoms with Gasteiger partial charge in [-0.1, -0.05) is 91.0 Å². The lowest BCUT2D eigenvalue weighted by atomic mass is 9.71. The third-order valence-corrected chi connectivity index (χ3v) is 4.97. The fraction of sp³-hybridized carbons (Fsp3) is 0.240. The number of aliphatic hydroxyl groups is 1. The van der Waals surface area contributed by atoms with Gasteiger partial charge in [-0.15, -0.1) is 0 Å². The molecular formula is C25H27NO2. The molecule has 28 heavy (non-hydrogen) atoms. The summed E-state index contributed by atoms with van der Waals surface area (Å²) >= 11 is 0. The van der Waals surface area contributed by atoms with Crippen LogP contribution in [-0.2, 0) is 10.4 Å². The molecule has 3 heteroatoms. The molecule has 1 unspecified atom stereocenters. The highest BCUT2D eigenvalue weighted by atomic mass is 16.3. The molecule has 3 aromatic carbocycles. The quantitative estimate of drug-likeness (QED) is 0.635. The van der Waals surface area contributed by atoms with Crippen LogP contribution in [0.25, 0.3) is 0 Å². The Bertz CT molecular complexity index is 837. The normalized spacial score (nSPS) is 12.6. The minimum absolute atomic E-state index is 0.0467. The second kappa shape index (κ2) is 8.85. The lowest BCUT2D eigenvalue weighted by Crippen LogP contribution is -2.39. The molecule has 0 radical (unpaired) electrons. The summed E-state index contributed by atoms with van der Waals surface area (Å²) in [5, 5.41) is 15.1. The van der Waals surface area contributed by atoms with Crippen LogP contribution in [0.5, 0.6) is 0 Å². The molecule has 3 rings (SSSR count). The van der Waals surface area contributed by atoms with Crippen LogP contribution < -0.4 is 5.32 Å². The van der Waals surface area contributed by atoms with Crippen molar-refractivity contribution < 1.29 is 9.90 Å². The SMILES string of the molecule is CC(C)NC(=O)CC(c1ccccc1)C(O)(c1ccccc1)c1ccccc1. The maximum Gasteiger partial charge on any atom is 0.220 e. The summed E-state index contributed by atoms with van der Waals surface area (Å²) in [6.07, 6.45) is 0.183. The monoisotopic (exact) mass is 373 g/mol. The van der Waals surface area contributed by atoms with Crippen molar-refractivity contribution in [3.8, 4) is 0 Å². The lowest BCUT2D eigenvalue weighted by molar-refractivity contribution is -0.123. The zero-order valence-corrected chi connectivity index (χ0v) is 16.4. The first-order valence-electron chi connectivity index (χ1n) is 9.69. The highest BCUT2D eigenvalue weighted by molar-refractivity contribution is 5.77. The van der Waals surface area contributed by atoms with Crippen molar-refractivity contribution in [3.05, 3.63) is 108 Å². The Morgan fingerprint density at radius 3 is 1.68 bits per heavy atom. The van der Waals surface area contributed by atoms with E-state index >= 15 is 0 Å². The van der Waals surface area contributed by atoms with Gasteiger partial charge in [0.05, 0.1) is 0 Å².